The van der Waals surface area contributed by atoms with Gasteiger partial charge in [-0.3, -0.25) is 9.36 Å². The molecule has 2 aromatic heterocycles. The predicted octanol–water partition coefficient (Wildman–Crippen LogP) is 0.858. The second-order valence-corrected chi connectivity index (χ2v) is 4.97. The average Bonchev–Trinajstić information content (AvgIpc) is 2.78. The lowest BCUT2D eigenvalue weighted by molar-refractivity contribution is 0.956. The molecule has 0 spiro atoms. The number of para-hydroxylation sites is 1. The number of nitrogens with zero attached hydrogens (tertiary/aromatic N) is 3. The number of thiazole rings is 1. The van der Waals surface area contributed by atoms with E-state index in [-0.39, 0.29) is 5.56 Å². The summed E-state index contributed by atoms with van der Waals surface area (Å²) in [4.78, 5) is 19.5. The first-order valence-electron chi connectivity index (χ1n) is 5.62. The zero-order chi connectivity index (χ0) is 13.4. The highest BCUT2D eigenvalue weighted by molar-refractivity contribution is 7.16. The number of fused-ring (bicyclic) bond motifs is 1. The van der Waals surface area contributed by atoms with Crippen molar-refractivity contribution in [2.75, 3.05) is 0 Å². The minimum Gasteiger partial charge on any atom is -0.320 e. The number of aryl methyl sites for hydroxylation is 1. The lowest BCUT2D eigenvalue weighted by Gasteiger charge is -2.03. The summed E-state index contributed by atoms with van der Waals surface area (Å²) in [5.41, 5.74) is 1.27. The topological polar surface area (TPSA) is 89.1 Å². The van der Waals surface area contributed by atoms with E-state index in [0.717, 1.165) is 5.69 Å². The van der Waals surface area contributed by atoms with Crippen molar-refractivity contribution in [1.82, 2.24) is 14.5 Å². The van der Waals surface area contributed by atoms with E-state index in [1.54, 1.807) is 11.5 Å². The fourth-order valence-electron chi connectivity index (χ4n) is 1.93. The third-order valence-electron chi connectivity index (χ3n) is 2.70. The molecule has 0 saturated carbocycles. The highest BCUT2D eigenvalue weighted by Crippen LogP contribution is 2.15. The van der Waals surface area contributed by atoms with Crippen LogP contribution in [0.4, 0.5) is 0 Å². The fourth-order valence-corrected chi connectivity index (χ4v) is 2.82. The quantitative estimate of drug-likeness (QED) is 0.509. The van der Waals surface area contributed by atoms with Gasteiger partial charge in [-0.1, -0.05) is 29.5 Å². The molecule has 3 N–H and O–H groups in total. The Balaban J connectivity index is 2.51. The molecule has 0 fully saturated rings. The molecule has 0 radical (unpaired) electrons. The van der Waals surface area contributed by atoms with Crippen LogP contribution in [0.3, 0.4) is 0 Å². The maximum absolute atomic E-state index is 11.9. The third kappa shape index (κ3) is 1.84. The largest absolute Gasteiger partial charge is 0.320 e. The van der Waals surface area contributed by atoms with Gasteiger partial charge in [0.1, 0.15) is 10.5 Å². The van der Waals surface area contributed by atoms with Gasteiger partial charge in [-0.05, 0) is 19.1 Å². The molecular formula is C12H11N5OS. The zero-order valence-electron chi connectivity index (χ0n) is 10.1. The van der Waals surface area contributed by atoms with Gasteiger partial charge < -0.3 is 10.8 Å². The van der Waals surface area contributed by atoms with Gasteiger partial charge in [-0.2, -0.15) is 5.10 Å². The van der Waals surface area contributed by atoms with Crippen molar-refractivity contribution in [3.05, 3.63) is 51.3 Å². The Hall–Kier alpha value is -2.41. The SMILES string of the molecule is Cc1nc2c(s/c(=N\N)n2-c2ccccc2)c(=O)[nH]1. The Morgan fingerprint density at radius 3 is 2.79 bits per heavy atom. The van der Waals surface area contributed by atoms with Crippen LogP contribution in [0, 0.1) is 6.92 Å². The van der Waals surface area contributed by atoms with E-state index < -0.39 is 0 Å². The van der Waals surface area contributed by atoms with Crippen LogP contribution < -0.4 is 16.2 Å². The van der Waals surface area contributed by atoms with Gasteiger partial charge >= 0.3 is 0 Å². The van der Waals surface area contributed by atoms with Crippen molar-refractivity contribution in [3.63, 3.8) is 0 Å². The molecule has 0 bridgehead atoms. The van der Waals surface area contributed by atoms with E-state index in [0.29, 0.717) is 21.0 Å². The van der Waals surface area contributed by atoms with Crippen molar-refractivity contribution in [2.45, 2.75) is 6.92 Å². The summed E-state index contributed by atoms with van der Waals surface area (Å²) >= 11 is 1.22. The van der Waals surface area contributed by atoms with Crippen LogP contribution in [0.1, 0.15) is 5.82 Å². The van der Waals surface area contributed by atoms with Gasteiger partial charge in [0.05, 0.1) is 0 Å². The molecule has 7 heteroatoms. The molecule has 0 unspecified atom stereocenters. The number of benzene rings is 1. The Bertz CT molecular complexity index is 859. The lowest BCUT2D eigenvalue weighted by atomic mass is 10.3. The summed E-state index contributed by atoms with van der Waals surface area (Å²) in [6.07, 6.45) is 0. The maximum Gasteiger partial charge on any atom is 0.270 e. The maximum atomic E-state index is 11.9. The number of nitrogens with one attached hydrogen (secondary N) is 1. The van der Waals surface area contributed by atoms with Gasteiger partial charge in [0, 0.05) is 5.69 Å². The molecule has 6 nitrogen and oxygen atoms in total. The molecule has 0 atom stereocenters. The molecule has 0 amide bonds. The third-order valence-corrected chi connectivity index (χ3v) is 3.74. The van der Waals surface area contributed by atoms with Gasteiger partial charge in [0.25, 0.3) is 5.56 Å². The molecule has 0 aliphatic rings. The van der Waals surface area contributed by atoms with Crippen LogP contribution in [-0.4, -0.2) is 14.5 Å². The molecule has 3 aromatic rings. The number of aromatic nitrogens is 3. The first-order chi connectivity index (χ1) is 9.20. The second kappa shape index (κ2) is 4.36. The normalized spacial score (nSPS) is 12.2. The van der Waals surface area contributed by atoms with Crippen LogP contribution >= 0.6 is 11.3 Å². The summed E-state index contributed by atoms with van der Waals surface area (Å²) in [5.74, 6) is 5.97. The number of H-pyrrole nitrogens is 1. The molecule has 0 saturated heterocycles. The van der Waals surface area contributed by atoms with Gasteiger partial charge in [-0.25, -0.2) is 4.98 Å². The number of nitrogens with two attached hydrogens (primary N) is 1. The Kier molecular flexibility index (Phi) is 2.68. The summed E-state index contributed by atoms with van der Waals surface area (Å²) in [5, 5.41) is 3.74. The summed E-state index contributed by atoms with van der Waals surface area (Å²) in [7, 11) is 0. The van der Waals surface area contributed by atoms with Gasteiger partial charge in [0.2, 0.25) is 4.80 Å². The van der Waals surface area contributed by atoms with Crippen molar-refractivity contribution < 1.29 is 0 Å². The highest BCUT2D eigenvalue weighted by atomic mass is 32.1. The van der Waals surface area contributed by atoms with Crippen molar-refractivity contribution >= 4 is 21.7 Å². The fraction of sp³-hybridized carbons (Fsp3) is 0.0833. The average molecular weight is 273 g/mol. The van der Waals surface area contributed by atoms with E-state index in [1.165, 1.54) is 11.3 Å². The minimum atomic E-state index is -0.174. The van der Waals surface area contributed by atoms with Crippen LogP contribution in [0.2, 0.25) is 0 Å². The molecule has 19 heavy (non-hydrogen) atoms. The highest BCUT2D eigenvalue weighted by Gasteiger charge is 2.12. The monoisotopic (exact) mass is 273 g/mol. The van der Waals surface area contributed by atoms with E-state index in [4.69, 9.17) is 5.84 Å². The standard InChI is InChI=1S/C12H11N5OS/c1-7-14-10-9(11(18)15-7)19-12(16-13)17(10)8-5-3-2-4-6-8/h2-6H,13H2,1H3,(H,14,15,18)/b16-12-. The summed E-state index contributed by atoms with van der Waals surface area (Å²) in [6, 6.07) is 9.57. The molecule has 3 rings (SSSR count). The Morgan fingerprint density at radius 1 is 1.37 bits per heavy atom. The molecule has 1 aromatic carbocycles. The first kappa shape index (κ1) is 11.7. The number of aromatic amines is 1. The molecule has 0 aliphatic heterocycles. The van der Waals surface area contributed by atoms with Crippen molar-refractivity contribution in [3.8, 4) is 5.69 Å². The van der Waals surface area contributed by atoms with Gasteiger partial charge in [0.15, 0.2) is 5.65 Å². The molecule has 2 heterocycles. The van der Waals surface area contributed by atoms with E-state index >= 15 is 0 Å². The number of hydrogen-bond acceptors (Lipinski definition) is 5. The predicted molar refractivity (Wildman–Crippen MR) is 74.1 cm³/mol. The van der Waals surface area contributed by atoms with E-state index in [2.05, 4.69) is 15.1 Å². The molecule has 0 aliphatic carbocycles. The molecular weight excluding hydrogens is 262 g/mol. The Morgan fingerprint density at radius 2 is 2.11 bits per heavy atom. The van der Waals surface area contributed by atoms with Crippen molar-refractivity contribution in [2.24, 2.45) is 10.9 Å². The lowest BCUT2D eigenvalue weighted by Crippen LogP contribution is -2.16. The van der Waals surface area contributed by atoms with Crippen LogP contribution in [0.5, 0.6) is 0 Å². The summed E-state index contributed by atoms with van der Waals surface area (Å²) < 4.78 is 2.29. The molecule has 96 valence electrons. The van der Waals surface area contributed by atoms with E-state index in [9.17, 15) is 4.79 Å². The van der Waals surface area contributed by atoms with Crippen LogP contribution in [0.15, 0.2) is 40.2 Å². The number of hydrogen-bond donors (Lipinski definition) is 2. The van der Waals surface area contributed by atoms with Gasteiger partial charge in [-0.15, -0.1) is 0 Å². The number of rotatable bonds is 1. The zero-order valence-corrected chi connectivity index (χ0v) is 10.9. The second-order valence-electron chi connectivity index (χ2n) is 3.99. The van der Waals surface area contributed by atoms with Crippen LogP contribution in [-0.2, 0) is 0 Å². The Labute approximate surface area is 111 Å². The summed E-state index contributed by atoms with van der Waals surface area (Å²) in [6.45, 7) is 1.74. The van der Waals surface area contributed by atoms with Crippen molar-refractivity contribution in [1.29, 1.82) is 0 Å². The van der Waals surface area contributed by atoms with Crippen LogP contribution in [0.25, 0.3) is 16.0 Å². The first-order valence-corrected chi connectivity index (χ1v) is 6.44. The van der Waals surface area contributed by atoms with E-state index in [1.807, 2.05) is 30.3 Å². The minimum absolute atomic E-state index is 0.174. The smallest absolute Gasteiger partial charge is 0.270 e.